The van der Waals surface area contributed by atoms with Gasteiger partial charge in [0.2, 0.25) is 0 Å². The summed E-state index contributed by atoms with van der Waals surface area (Å²) < 4.78 is 0.844. The molecule has 2 aromatic rings. The van der Waals surface area contributed by atoms with E-state index in [-0.39, 0.29) is 5.91 Å². The van der Waals surface area contributed by atoms with Crippen LogP contribution in [0.4, 0.5) is 5.69 Å². The standard InChI is InChI=1S/C13H10BrClN2O/c1-8-2-3-11(10(14)6-8)17-13(18)9-4-5-16-12(15)7-9/h2-7H,1H3,(H,17,18). The van der Waals surface area contributed by atoms with Gasteiger partial charge < -0.3 is 5.32 Å². The van der Waals surface area contributed by atoms with Gasteiger partial charge in [0, 0.05) is 16.2 Å². The first-order valence-electron chi connectivity index (χ1n) is 5.25. The van der Waals surface area contributed by atoms with E-state index in [1.807, 2.05) is 25.1 Å². The molecule has 0 bridgehead atoms. The monoisotopic (exact) mass is 324 g/mol. The molecule has 92 valence electrons. The average Bonchev–Trinajstić information content (AvgIpc) is 2.32. The van der Waals surface area contributed by atoms with Crippen LogP contribution in [-0.4, -0.2) is 10.9 Å². The molecule has 0 spiro atoms. The van der Waals surface area contributed by atoms with Crippen LogP contribution in [0.3, 0.4) is 0 Å². The number of amides is 1. The zero-order valence-electron chi connectivity index (χ0n) is 9.58. The van der Waals surface area contributed by atoms with Crippen molar-refractivity contribution in [3.63, 3.8) is 0 Å². The van der Waals surface area contributed by atoms with Crippen LogP contribution in [-0.2, 0) is 0 Å². The van der Waals surface area contributed by atoms with Crippen molar-refractivity contribution in [2.24, 2.45) is 0 Å². The Morgan fingerprint density at radius 2 is 2.11 bits per heavy atom. The molecule has 0 saturated carbocycles. The Bertz CT molecular complexity index is 601. The quantitative estimate of drug-likeness (QED) is 0.846. The van der Waals surface area contributed by atoms with Crippen molar-refractivity contribution in [3.05, 3.63) is 57.3 Å². The lowest BCUT2D eigenvalue weighted by molar-refractivity contribution is 0.102. The van der Waals surface area contributed by atoms with E-state index in [1.165, 1.54) is 12.3 Å². The number of pyridine rings is 1. The van der Waals surface area contributed by atoms with Gasteiger partial charge >= 0.3 is 0 Å². The first kappa shape index (κ1) is 13.1. The molecular formula is C13H10BrClN2O. The van der Waals surface area contributed by atoms with Gasteiger partial charge in [-0.1, -0.05) is 17.7 Å². The molecule has 0 aliphatic rings. The first-order valence-corrected chi connectivity index (χ1v) is 6.42. The van der Waals surface area contributed by atoms with Gasteiger partial charge in [-0.25, -0.2) is 4.98 Å². The maximum Gasteiger partial charge on any atom is 0.255 e. The molecule has 0 unspecified atom stereocenters. The second kappa shape index (κ2) is 5.50. The van der Waals surface area contributed by atoms with Crippen LogP contribution >= 0.6 is 27.5 Å². The summed E-state index contributed by atoms with van der Waals surface area (Å²) >= 11 is 9.15. The number of nitrogens with one attached hydrogen (secondary N) is 1. The third-order valence-corrected chi connectivity index (χ3v) is 3.22. The Balaban J connectivity index is 2.21. The van der Waals surface area contributed by atoms with Crippen molar-refractivity contribution in [1.29, 1.82) is 0 Å². The second-order valence-electron chi connectivity index (χ2n) is 3.80. The van der Waals surface area contributed by atoms with E-state index in [4.69, 9.17) is 11.6 Å². The van der Waals surface area contributed by atoms with Crippen LogP contribution in [0.2, 0.25) is 5.15 Å². The van der Waals surface area contributed by atoms with E-state index in [1.54, 1.807) is 6.07 Å². The van der Waals surface area contributed by atoms with Crippen molar-refractivity contribution >= 4 is 39.1 Å². The van der Waals surface area contributed by atoms with Crippen LogP contribution in [0.25, 0.3) is 0 Å². The van der Waals surface area contributed by atoms with Crippen LogP contribution < -0.4 is 5.32 Å². The van der Waals surface area contributed by atoms with Gasteiger partial charge in [0.1, 0.15) is 5.15 Å². The molecule has 0 saturated heterocycles. The number of rotatable bonds is 2. The zero-order chi connectivity index (χ0) is 13.1. The highest BCUT2D eigenvalue weighted by atomic mass is 79.9. The highest BCUT2D eigenvalue weighted by Crippen LogP contribution is 2.24. The van der Waals surface area contributed by atoms with E-state index in [0.29, 0.717) is 10.7 Å². The summed E-state index contributed by atoms with van der Waals surface area (Å²) in [6.45, 7) is 1.99. The molecule has 1 aromatic heterocycles. The number of nitrogens with zero attached hydrogens (tertiary/aromatic N) is 1. The number of halogens is 2. The first-order chi connectivity index (χ1) is 8.56. The minimum Gasteiger partial charge on any atom is -0.321 e. The molecule has 0 aliphatic carbocycles. The van der Waals surface area contributed by atoms with Crippen molar-refractivity contribution in [1.82, 2.24) is 4.98 Å². The third-order valence-electron chi connectivity index (χ3n) is 2.36. The third kappa shape index (κ3) is 3.09. The molecule has 18 heavy (non-hydrogen) atoms. The highest BCUT2D eigenvalue weighted by molar-refractivity contribution is 9.10. The number of aromatic nitrogens is 1. The Kier molecular flexibility index (Phi) is 3.99. The summed E-state index contributed by atoms with van der Waals surface area (Å²) in [5.41, 5.74) is 2.31. The van der Waals surface area contributed by atoms with Gasteiger partial charge in [-0.15, -0.1) is 0 Å². The lowest BCUT2D eigenvalue weighted by atomic mass is 10.2. The van der Waals surface area contributed by atoms with Gasteiger partial charge in [0.15, 0.2) is 0 Å². The Morgan fingerprint density at radius 3 is 2.78 bits per heavy atom. The summed E-state index contributed by atoms with van der Waals surface area (Å²) in [5.74, 6) is -0.219. The molecule has 5 heteroatoms. The van der Waals surface area contributed by atoms with Crippen molar-refractivity contribution < 1.29 is 4.79 Å². The number of hydrogen-bond donors (Lipinski definition) is 1. The highest BCUT2D eigenvalue weighted by Gasteiger charge is 2.08. The molecule has 0 radical (unpaired) electrons. The number of anilines is 1. The van der Waals surface area contributed by atoms with Gasteiger partial charge in [-0.3, -0.25) is 4.79 Å². The molecular weight excluding hydrogens is 316 g/mol. The SMILES string of the molecule is Cc1ccc(NC(=O)c2ccnc(Cl)c2)c(Br)c1. The zero-order valence-corrected chi connectivity index (χ0v) is 11.9. The van der Waals surface area contributed by atoms with E-state index in [2.05, 4.69) is 26.2 Å². The minimum absolute atomic E-state index is 0.219. The molecule has 1 heterocycles. The maximum absolute atomic E-state index is 12.0. The second-order valence-corrected chi connectivity index (χ2v) is 5.05. The Labute approximate surface area is 118 Å². The van der Waals surface area contributed by atoms with Crippen LogP contribution in [0.5, 0.6) is 0 Å². The summed E-state index contributed by atoms with van der Waals surface area (Å²) in [4.78, 5) is 15.8. The number of carbonyl (C=O) groups is 1. The fraction of sp³-hybridized carbons (Fsp3) is 0.0769. The molecule has 3 nitrogen and oxygen atoms in total. The average molecular weight is 326 g/mol. The Hall–Kier alpha value is -1.39. The lowest BCUT2D eigenvalue weighted by Gasteiger charge is -2.08. The van der Waals surface area contributed by atoms with Gasteiger partial charge in [0.25, 0.3) is 5.91 Å². The van der Waals surface area contributed by atoms with Crippen molar-refractivity contribution in [3.8, 4) is 0 Å². The number of benzene rings is 1. The van der Waals surface area contributed by atoms with E-state index >= 15 is 0 Å². The smallest absolute Gasteiger partial charge is 0.255 e. The van der Waals surface area contributed by atoms with E-state index in [0.717, 1.165) is 15.7 Å². The normalized spacial score (nSPS) is 10.2. The largest absolute Gasteiger partial charge is 0.321 e. The maximum atomic E-state index is 12.0. The summed E-state index contributed by atoms with van der Waals surface area (Å²) in [6, 6.07) is 8.86. The number of carbonyl (C=O) groups excluding carboxylic acids is 1. The van der Waals surface area contributed by atoms with Crippen LogP contribution in [0.15, 0.2) is 41.0 Å². The lowest BCUT2D eigenvalue weighted by Crippen LogP contribution is -2.12. The number of hydrogen-bond acceptors (Lipinski definition) is 2. The fourth-order valence-corrected chi connectivity index (χ4v) is 2.23. The summed E-state index contributed by atoms with van der Waals surface area (Å²) in [6.07, 6.45) is 1.50. The van der Waals surface area contributed by atoms with Crippen molar-refractivity contribution in [2.45, 2.75) is 6.92 Å². The molecule has 1 amide bonds. The van der Waals surface area contributed by atoms with Crippen LogP contribution in [0, 0.1) is 6.92 Å². The predicted octanol–water partition coefficient (Wildman–Crippen LogP) is 4.06. The fourth-order valence-electron chi connectivity index (χ4n) is 1.46. The van der Waals surface area contributed by atoms with Crippen molar-refractivity contribution in [2.75, 3.05) is 5.32 Å². The molecule has 1 N–H and O–H groups in total. The number of aryl methyl sites for hydroxylation is 1. The minimum atomic E-state index is -0.219. The molecule has 0 fully saturated rings. The molecule has 2 rings (SSSR count). The summed E-state index contributed by atoms with van der Waals surface area (Å²) in [7, 11) is 0. The topological polar surface area (TPSA) is 42.0 Å². The molecule has 0 aliphatic heterocycles. The molecule has 0 atom stereocenters. The summed E-state index contributed by atoms with van der Waals surface area (Å²) in [5, 5.41) is 3.11. The van der Waals surface area contributed by atoms with Gasteiger partial charge in [-0.2, -0.15) is 0 Å². The van der Waals surface area contributed by atoms with Gasteiger partial charge in [-0.05, 0) is 52.7 Å². The predicted molar refractivity (Wildman–Crippen MR) is 76.1 cm³/mol. The van der Waals surface area contributed by atoms with Crippen LogP contribution in [0.1, 0.15) is 15.9 Å². The Morgan fingerprint density at radius 1 is 1.33 bits per heavy atom. The van der Waals surface area contributed by atoms with E-state index in [9.17, 15) is 4.79 Å². The van der Waals surface area contributed by atoms with Gasteiger partial charge in [0.05, 0.1) is 5.69 Å². The van der Waals surface area contributed by atoms with E-state index < -0.39 is 0 Å². The molecule has 1 aromatic carbocycles.